The number of rotatable bonds is 4. The van der Waals surface area contributed by atoms with Gasteiger partial charge in [0.05, 0.1) is 17.1 Å². The third kappa shape index (κ3) is 4.38. The molecule has 1 aliphatic rings. The molecule has 0 saturated heterocycles. The predicted molar refractivity (Wildman–Crippen MR) is 121 cm³/mol. The van der Waals surface area contributed by atoms with Gasteiger partial charge < -0.3 is 10.1 Å². The first-order valence-electron chi connectivity index (χ1n) is 9.67. The summed E-state index contributed by atoms with van der Waals surface area (Å²) in [4.78, 5) is 13.1. The topological polar surface area (TPSA) is 75.7 Å². The van der Waals surface area contributed by atoms with Crippen molar-refractivity contribution in [2.24, 2.45) is 0 Å². The van der Waals surface area contributed by atoms with Gasteiger partial charge in [-0.25, -0.2) is 8.42 Å². The average molecular weight is 457 g/mol. The van der Waals surface area contributed by atoms with Gasteiger partial charge in [0.1, 0.15) is 5.75 Å². The molecule has 0 aliphatic carbocycles. The lowest BCUT2D eigenvalue weighted by Gasteiger charge is -2.35. The number of carbonyl (C=O) groups excluding carboxylic acids is 1. The number of carbonyl (C=O) groups is 1. The van der Waals surface area contributed by atoms with Crippen LogP contribution in [0.2, 0.25) is 5.02 Å². The van der Waals surface area contributed by atoms with Crippen LogP contribution in [0.15, 0.2) is 71.6 Å². The Morgan fingerprint density at radius 3 is 2.48 bits per heavy atom. The van der Waals surface area contributed by atoms with E-state index in [2.05, 4.69) is 5.32 Å². The molecule has 0 unspecified atom stereocenters. The summed E-state index contributed by atoms with van der Waals surface area (Å²) < 4.78 is 33.9. The normalized spacial score (nSPS) is 15.7. The molecule has 1 atom stereocenters. The minimum absolute atomic E-state index is 0.128. The Hall–Kier alpha value is -3.03. The fourth-order valence-corrected chi connectivity index (χ4v) is 5.01. The van der Waals surface area contributed by atoms with Gasteiger partial charge in [-0.3, -0.25) is 9.10 Å². The largest absolute Gasteiger partial charge is 0.476 e. The van der Waals surface area contributed by atoms with Crippen LogP contribution >= 0.6 is 11.6 Å². The summed E-state index contributed by atoms with van der Waals surface area (Å²) in [6, 6.07) is 18.6. The number of amides is 1. The summed E-state index contributed by atoms with van der Waals surface area (Å²) in [6.45, 7) is 3.62. The van der Waals surface area contributed by atoms with E-state index in [0.29, 0.717) is 16.4 Å². The number of ether oxygens (including phenoxy) is 1. The zero-order valence-electron chi connectivity index (χ0n) is 17.0. The fourth-order valence-electron chi connectivity index (χ4n) is 3.37. The molecule has 1 aliphatic heterocycles. The highest BCUT2D eigenvalue weighted by Gasteiger charge is 2.37. The van der Waals surface area contributed by atoms with Gasteiger partial charge in [-0.1, -0.05) is 41.4 Å². The molecule has 3 aromatic carbocycles. The fraction of sp³-hybridized carbons (Fsp3) is 0.174. The molecule has 31 heavy (non-hydrogen) atoms. The van der Waals surface area contributed by atoms with E-state index in [1.54, 1.807) is 42.5 Å². The van der Waals surface area contributed by atoms with E-state index in [1.165, 1.54) is 10.4 Å². The van der Waals surface area contributed by atoms with Crippen LogP contribution < -0.4 is 14.4 Å². The number of sulfonamides is 1. The van der Waals surface area contributed by atoms with Crippen LogP contribution in [-0.2, 0) is 14.8 Å². The van der Waals surface area contributed by atoms with Crippen molar-refractivity contribution in [3.05, 3.63) is 82.9 Å². The molecular formula is C23H21ClN2O4S. The molecular weight excluding hydrogens is 436 g/mol. The number of anilines is 2. The highest BCUT2D eigenvalue weighted by atomic mass is 35.5. The molecule has 0 spiro atoms. The second kappa shape index (κ2) is 8.24. The van der Waals surface area contributed by atoms with Crippen molar-refractivity contribution < 1.29 is 17.9 Å². The molecule has 3 aromatic rings. The molecule has 1 heterocycles. The Morgan fingerprint density at radius 2 is 1.77 bits per heavy atom. The predicted octanol–water partition coefficient (Wildman–Crippen LogP) is 4.55. The third-order valence-corrected chi connectivity index (χ3v) is 7.01. The van der Waals surface area contributed by atoms with Crippen LogP contribution in [-0.4, -0.2) is 27.0 Å². The van der Waals surface area contributed by atoms with Crippen molar-refractivity contribution in [3.8, 4) is 5.75 Å². The van der Waals surface area contributed by atoms with Crippen LogP contribution in [0.5, 0.6) is 5.75 Å². The molecule has 160 valence electrons. The molecule has 0 saturated carbocycles. The van der Waals surface area contributed by atoms with Crippen LogP contribution in [0.25, 0.3) is 0 Å². The highest BCUT2D eigenvalue weighted by molar-refractivity contribution is 7.92. The van der Waals surface area contributed by atoms with Gasteiger partial charge in [0.15, 0.2) is 6.10 Å². The molecule has 0 radical (unpaired) electrons. The summed E-state index contributed by atoms with van der Waals surface area (Å²) in [5.74, 6) is -0.161. The van der Waals surface area contributed by atoms with Gasteiger partial charge in [-0.15, -0.1) is 0 Å². The van der Waals surface area contributed by atoms with Crippen molar-refractivity contribution in [2.45, 2.75) is 24.8 Å². The summed E-state index contributed by atoms with van der Waals surface area (Å²) >= 11 is 6.12. The second-order valence-corrected chi connectivity index (χ2v) is 9.73. The summed E-state index contributed by atoms with van der Waals surface area (Å²) in [5, 5.41) is 3.17. The van der Waals surface area contributed by atoms with Crippen molar-refractivity contribution in [1.82, 2.24) is 0 Å². The lowest BCUT2D eigenvalue weighted by Crippen LogP contribution is -2.48. The molecule has 6 nitrogen and oxygen atoms in total. The Kier molecular flexibility index (Phi) is 5.64. The number of hydrogen-bond donors (Lipinski definition) is 1. The summed E-state index contributed by atoms with van der Waals surface area (Å²) in [7, 11) is -3.94. The Balaban J connectivity index is 1.70. The van der Waals surface area contributed by atoms with Crippen LogP contribution in [0.3, 0.4) is 0 Å². The van der Waals surface area contributed by atoms with E-state index in [0.717, 1.165) is 11.1 Å². The number of hydrogen-bond acceptors (Lipinski definition) is 4. The van der Waals surface area contributed by atoms with Gasteiger partial charge >= 0.3 is 0 Å². The summed E-state index contributed by atoms with van der Waals surface area (Å²) in [6.07, 6.45) is -1.03. The standard InChI is InChI=1S/C23H21ClN2O4S/c1-15-6-9-19(10-7-15)31(28,29)26-14-22(30-21-11-8-17(24)13-20(21)26)23(27)25-18-5-3-4-16(2)12-18/h3-13,22H,14H2,1-2H3,(H,25,27)/t22-/m0/s1. The molecule has 0 aromatic heterocycles. The quantitative estimate of drug-likeness (QED) is 0.624. The van der Waals surface area contributed by atoms with Gasteiger partial charge in [0.25, 0.3) is 15.9 Å². The number of halogens is 1. The number of fused-ring (bicyclic) bond motifs is 1. The van der Waals surface area contributed by atoms with E-state index < -0.39 is 22.0 Å². The van der Waals surface area contributed by atoms with Gasteiger partial charge in [0.2, 0.25) is 0 Å². The minimum atomic E-state index is -3.94. The van der Waals surface area contributed by atoms with E-state index in [4.69, 9.17) is 16.3 Å². The lowest BCUT2D eigenvalue weighted by atomic mass is 10.2. The minimum Gasteiger partial charge on any atom is -0.476 e. The van der Waals surface area contributed by atoms with Gasteiger partial charge in [-0.05, 0) is 61.9 Å². The first-order valence-corrected chi connectivity index (χ1v) is 11.5. The van der Waals surface area contributed by atoms with E-state index >= 15 is 0 Å². The summed E-state index contributed by atoms with van der Waals surface area (Å²) in [5.41, 5.74) is 2.85. The maximum atomic E-state index is 13.4. The van der Waals surface area contributed by atoms with Crippen LogP contribution in [0.4, 0.5) is 11.4 Å². The maximum absolute atomic E-state index is 13.4. The van der Waals surface area contributed by atoms with Crippen molar-refractivity contribution >= 4 is 38.9 Å². The maximum Gasteiger partial charge on any atom is 0.267 e. The number of nitrogens with zero attached hydrogens (tertiary/aromatic N) is 1. The van der Waals surface area contributed by atoms with E-state index in [-0.39, 0.29) is 17.2 Å². The van der Waals surface area contributed by atoms with Crippen molar-refractivity contribution in [1.29, 1.82) is 0 Å². The molecule has 0 fully saturated rings. The monoisotopic (exact) mass is 456 g/mol. The molecule has 1 N–H and O–H groups in total. The van der Waals surface area contributed by atoms with Crippen LogP contribution in [0, 0.1) is 13.8 Å². The van der Waals surface area contributed by atoms with Crippen molar-refractivity contribution in [3.63, 3.8) is 0 Å². The lowest BCUT2D eigenvalue weighted by molar-refractivity contribution is -0.122. The smallest absolute Gasteiger partial charge is 0.267 e. The SMILES string of the molecule is Cc1ccc(S(=O)(=O)N2C[C@@H](C(=O)Nc3cccc(C)c3)Oc3ccc(Cl)cc32)cc1. The number of benzene rings is 3. The first kappa shape index (κ1) is 21.2. The third-order valence-electron chi connectivity index (χ3n) is 4.98. The Morgan fingerprint density at radius 1 is 1.03 bits per heavy atom. The van der Waals surface area contributed by atoms with E-state index in [9.17, 15) is 13.2 Å². The molecule has 0 bridgehead atoms. The Labute approximate surface area is 186 Å². The second-order valence-electron chi connectivity index (χ2n) is 7.43. The average Bonchev–Trinajstić information content (AvgIpc) is 2.73. The first-order chi connectivity index (χ1) is 14.7. The Bertz CT molecular complexity index is 1240. The van der Waals surface area contributed by atoms with Gasteiger partial charge in [0, 0.05) is 10.7 Å². The molecule has 1 amide bonds. The van der Waals surface area contributed by atoms with Crippen LogP contribution in [0.1, 0.15) is 11.1 Å². The number of aryl methyl sites for hydroxylation is 2. The highest BCUT2D eigenvalue weighted by Crippen LogP contribution is 2.39. The zero-order valence-corrected chi connectivity index (χ0v) is 18.6. The zero-order chi connectivity index (χ0) is 22.2. The number of nitrogens with one attached hydrogen (secondary N) is 1. The van der Waals surface area contributed by atoms with Crippen molar-refractivity contribution in [2.75, 3.05) is 16.2 Å². The molecule has 4 rings (SSSR count). The van der Waals surface area contributed by atoms with E-state index in [1.807, 2.05) is 32.0 Å². The molecule has 8 heteroatoms. The van der Waals surface area contributed by atoms with Gasteiger partial charge in [-0.2, -0.15) is 0 Å².